The molecule has 5 amide bonds. The summed E-state index contributed by atoms with van der Waals surface area (Å²) < 4.78 is 75.0. The molecule has 3 saturated heterocycles. The predicted octanol–water partition coefficient (Wildman–Crippen LogP) is 3.62. The molecule has 23 heteroatoms. The van der Waals surface area contributed by atoms with Crippen molar-refractivity contribution in [2.24, 2.45) is 11.7 Å². The number of pyridine rings is 2. The molecule has 63 heavy (non-hydrogen) atoms. The van der Waals surface area contributed by atoms with E-state index in [1.54, 1.807) is 21.9 Å². The summed E-state index contributed by atoms with van der Waals surface area (Å²) in [6, 6.07) is 8.46. The Bertz CT molecular complexity index is 2570. The summed E-state index contributed by atoms with van der Waals surface area (Å²) in [5.74, 6) is -5.83. The van der Waals surface area contributed by atoms with Gasteiger partial charge >= 0.3 is 6.18 Å². The van der Waals surface area contributed by atoms with Crippen LogP contribution < -0.4 is 31.5 Å². The van der Waals surface area contributed by atoms with Crippen molar-refractivity contribution in [1.82, 2.24) is 34.9 Å². The lowest BCUT2D eigenvalue weighted by Crippen LogP contribution is -2.51. The first-order chi connectivity index (χ1) is 30.1. The number of carbonyl (C=O) groups is 5. The largest absolute Gasteiger partial charge is 0.444 e. The summed E-state index contributed by atoms with van der Waals surface area (Å²) in [7, 11) is 0. The quantitative estimate of drug-likeness (QED) is 0.110. The minimum atomic E-state index is -4.47. The number of benzene rings is 1. The minimum absolute atomic E-state index is 0.0122. The van der Waals surface area contributed by atoms with Crippen molar-refractivity contribution in [3.63, 3.8) is 0 Å². The molecular weight excluding hydrogens is 840 g/mol. The Morgan fingerprint density at radius 1 is 0.937 bits per heavy atom. The van der Waals surface area contributed by atoms with Crippen LogP contribution in [0.3, 0.4) is 0 Å². The number of primary amides is 1. The van der Waals surface area contributed by atoms with Crippen molar-refractivity contribution in [2.75, 3.05) is 66.2 Å². The number of rotatable bonds is 11. The van der Waals surface area contributed by atoms with E-state index in [2.05, 4.69) is 36.0 Å². The number of nitrogens with zero attached hydrogens (tertiary/aromatic N) is 8. The van der Waals surface area contributed by atoms with Gasteiger partial charge in [0.1, 0.15) is 36.1 Å². The fraction of sp³-hybridized carbons (Fsp3) is 0.325. The van der Waals surface area contributed by atoms with Crippen LogP contribution in [0.5, 0.6) is 0 Å². The van der Waals surface area contributed by atoms with E-state index >= 15 is 8.78 Å². The Balaban J connectivity index is 0.852. The number of amides is 5. The molecule has 0 aliphatic carbocycles. The number of imide groups is 1. The van der Waals surface area contributed by atoms with Crippen molar-refractivity contribution in [2.45, 2.75) is 31.4 Å². The summed E-state index contributed by atoms with van der Waals surface area (Å²) in [6.45, 7) is 1.11. The first kappa shape index (κ1) is 42.2. The maximum Gasteiger partial charge on any atom is 0.405 e. The van der Waals surface area contributed by atoms with E-state index in [1.807, 2.05) is 4.90 Å². The van der Waals surface area contributed by atoms with Gasteiger partial charge in [-0.05, 0) is 49.2 Å². The lowest BCUT2D eigenvalue weighted by atomic mass is 9.89. The molecule has 0 saturated carbocycles. The van der Waals surface area contributed by atoms with Crippen molar-refractivity contribution in [3.05, 3.63) is 89.8 Å². The molecule has 3 aliphatic heterocycles. The van der Waals surface area contributed by atoms with Gasteiger partial charge in [-0.15, -0.1) is 0 Å². The number of alkyl halides is 3. The third kappa shape index (κ3) is 9.26. The van der Waals surface area contributed by atoms with Crippen molar-refractivity contribution >= 4 is 52.5 Å². The molecule has 2 atom stereocenters. The maximum absolute atomic E-state index is 15.2. The number of piperidine rings is 1. The van der Waals surface area contributed by atoms with Crippen molar-refractivity contribution < 1.29 is 50.3 Å². The van der Waals surface area contributed by atoms with Crippen LogP contribution in [0.15, 0.2) is 65.7 Å². The van der Waals surface area contributed by atoms with Crippen molar-refractivity contribution in [3.8, 4) is 17.1 Å². The van der Waals surface area contributed by atoms with E-state index in [1.165, 1.54) is 47.5 Å². The van der Waals surface area contributed by atoms with Crippen LogP contribution in [0.4, 0.5) is 45.0 Å². The molecule has 0 radical (unpaired) electrons. The van der Waals surface area contributed by atoms with E-state index in [0.29, 0.717) is 50.6 Å². The van der Waals surface area contributed by atoms with E-state index in [4.69, 9.17) is 10.2 Å². The second-order valence-corrected chi connectivity index (χ2v) is 15.0. The third-order valence-electron chi connectivity index (χ3n) is 10.9. The summed E-state index contributed by atoms with van der Waals surface area (Å²) in [6.07, 6.45) is 1.16. The second-order valence-electron chi connectivity index (χ2n) is 15.0. The van der Waals surface area contributed by atoms with Gasteiger partial charge in [-0.3, -0.25) is 29.3 Å². The first-order valence-corrected chi connectivity index (χ1v) is 19.6. The van der Waals surface area contributed by atoms with E-state index in [0.717, 1.165) is 6.26 Å². The fourth-order valence-corrected chi connectivity index (χ4v) is 7.69. The van der Waals surface area contributed by atoms with Crippen molar-refractivity contribution in [1.29, 1.82) is 0 Å². The molecule has 18 nitrogen and oxygen atoms in total. The molecule has 5 aromatic rings. The van der Waals surface area contributed by atoms with Gasteiger partial charge in [-0.25, -0.2) is 28.4 Å². The van der Waals surface area contributed by atoms with E-state index < -0.39 is 59.8 Å². The third-order valence-corrected chi connectivity index (χ3v) is 10.9. The average molecular weight is 877 g/mol. The zero-order valence-corrected chi connectivity index (χ0v) is 33.0. The molecular formula is C40H37F5N12O6. The number of aromatic nitrogens is 5. The highest BCUT2D eigenvalue weighted by molar-refractivity contribution is 6.07. The molecule has 328 valence electrons. The highest BCUT2D eigenvalue weighted by atomic mass is 19.4. The molecule has 3 fully saturated rings. The number of anilines is 4. The van der Waals surface area contributed by atoms with Crippen LogP contribution in [0, 0.1) is 17.6 Å². The zero-order valence-electron chi connectivity index (χ0n) is 33.0. The normalized spacial score (nSPS) is 18.1. The number of nitrogens with one attached hydrogen (secondary N) is 3. The molecule has 0 bridgehead atoms. The molecule has 1 aromatic carbocycles. The SMILES string of the molecule is NC(=O)c1nn(-c2ccc(N3CCN(C(=O)[C@@H]4CCN(c5cc(F)c([C@H]6CCC(=O)NC6=O)c(F)c5)C4)CC3)nc2)cc1NC(=O)c1coc(-c2ccnc(NCC(F)(F)F)c2)n1. The van der Waals surface area contributed by atoms with Gasteiger partial charge in [0.15, 0.2) is 11.4 Å². The summed E-state index contributed by atoms with van der Waals surface area (Å²) >= 11 is 0. The van der Waals surface area contributed by atoms with Gasteiger partial charge in [0.25, 0.3) is 11.8 Å². The van der Waals surface area contributed by atoms with Crippen LogP contribution in [0.2, 0.25) is 0 Å². The number of hydrogen-bond donors (Lipinski definition) is 4. The van der Waals surface area contributed by atoms with Gasteiger partial charge in [-0.2, -0.15) is 18.3 Å². The number of oxazole rings is 1. The van der Waals surface area contributed by atoms with Gasteiger partial charge in [-0.1, -0.05) is 0 Å². The van der Waals surface area contributed by atoms with Gasteiger partial charge in [0, 0.05) is 68.7 Å². The second kappa shape index (κ2) is 17.1. The molecule has 0 unspecified atom stereocenters. The average Bonchev–Trinajstić information content (AvgIpc) is 4.05. The van der Waals surface area contributed by atoms with Crippen LogP contribution in [-0.4, -0.2) is 111 Å². The number of piperazine rings is 1. The molecule has 4 aromatic heterocycles. The predicted molar refractivity (Wildman–Crippen MR) is 213 cm³/mol. The highest BCUT2D eigenvalue weighted by Gasteiger charge is 2.36. The van der Waals surface area contributed by atoms with Crippen LogP contribution in [0.1, 0.15) is 51.7 Å². The smallest absolute Gasteiger partial charge is 0.405 e. The standard InChI is InChI=1S/C40H37F5N12O6/c41-26-14-24(15-27(42)33(26)25-2-4-32(58)52-36(25)60)56-8-6-22(17-56)39(62)55-11-9-54(10-12-55)31-3-1-23(16-48-31)57-18-28(34(53-57)35(46)59)50-37(61)29-19-63-38(51-29)21-5-7-47-30(13-21)49-20-40(43,44)45/h1,3,5,7,13-16,18-19,22,25H,2,4,6,8-12,17,20H2,(H2,46,59)(H,47,49)(H,50,61)(H,52,58,60)/t22-,25-/m1/s1. The summed E-state index contributed by atoms with van der Waals surface area (Å²) in [4.78, 5) is 80.8. The highest BCUT2D eigenvalue weighted by Crippen LogP contribution is 2.34. The van der Waals surface area contributed by atoms with Crippen LogP contribution in [0.25, 0.3) is 17.1 Å². The monoisotopic (exact) mass is 876 g/mol. The van der Waals surface area contributed by atoms with Gasteiger partial charge < -0.3 is 35.5 Å². The van der Waals surface area contributed by atoms with Gasteiger partial charge in [0.05, 0.1) is 35.6 Å². The summed E-state index contributed by atoms with van der Waals surface area (Å²) in [5, 5.41) is 11.0. The fourth-order valence-electron chi connectivity index (χ4n) is 7.69. The van der Waals surface area contributed by atoms with Crippen LogP contribution >= 0.6 is 0 Å². The Kier molecular flexibility index (Phi) is 11.5. The lowest BCUT2D eigenvalue weighted by molar-refractivity contribution is -0.135. The van der Waals surface area contributed by atoms with Crippen LogP contribution in [-0.2, 0) is 14.4 Å². The Labute approximate surface area is 353 Å². The Morgan fingerprint density at radius 2 is 1.70 bits per heavy atom. The topological polar surface area (TPSA) is 227 Å². The number of nitrogens with two attached hydrogens (primary N) is 1. The summed E-state index contributed by atoms with van der Waals surface area (Å²) in [5.41, 5.74) is 5.60. The van der Waals surface area contributed by atoms with Gasteiger partial charge in [0.2, 0.25) is 23.6 Å². The maximum atomic E-state index is 15.2. The molecule has 7 heterocycles. The Hall–Kier alpha value is -7.46. The number of carbonyl (C=O) groups excluding carboxylic acids is 5. The Morgan fingerprint density at radius 3 is 2.38 bits per heavy atom. The molecule has 0 spiro atoms. The lowest BCUT2D eigenvalue weighted by Gasteiger charge is -2.36. The zero-order chi connectivity index (χ0) is 44.6. The minimum Gasteiger partial charge on any atom is -0.444 e. The number of hydrogen-bond acceptors (Lipinski definition) is 13. The van der Waals surface area contributed by atoms with E-state index in [-0.39, 0.29) is 70.9 Å². The van der Waals surface area contributed by atoms with E-state index in [9.17, 15) is 37.1 Å². The molecule has 8 rings (SSSR count). The molecule has 3 aliphatic rings. The first-order valence-electron chi connectivity index (χ1n) is 19.6. The molecule has 5 N–H and O–H groups in total. The number of halogens is 5.